The van der Waals surface area contributed by atoms with Gasteiger partial charge in [0.25, 0.3) is 0 Å². The number of nitrogens with two attached hydrogens (primary N) is 1. The van der Waals surface area contributed by atoms with Gasteiger partial charge in [0, 0.05) is 13.1 Å². The molecule has 0 aliphatic rings. The highest BCUT2D eigenvalue weighted by Crippen LogP contribution is 2.20. The normalized spacial score (nSPS) is 10.3. The van der Waals surface area contributed by atoms with Crippen molar-refractivity contribution in [3.8, 4) is 0 Å². The van der Waals surface area contributed by atoms with Gasteiger partial charge in [-0.3, -0.25) is 0 Å². The van der Waals surface area contributed by atoms with Crippen molar-refractivity contribution in [1.29, 1.82) is 0 Å². The van der Waals surface area contributed by atoms with Gasteiger partial charge in [-0.15, -0.1) is 0 Å². The molecule has 4 nitrogen and oxygen atoms in total. The minimum atomic E-state index is 0.627. The summed E-state index contributed by atoms with van der Waals surface area (Å²) in [6.45, 7) is 3.89. The lowest BCUT2D eigenvalue weighted by Crippen LogP contribution is -2.25. The minimum Gasteiger partial charge on any atom is -0.394 e. The standard InChI is InChI=1S/C14H18N4/c1-2-8-18(10-12-6-4-3-5-7-12)14-13(15)9-16-11-17-14/h3-7,9,11H,2,8,10,15H2,1H3. The molecule has 0 aliphatic heterocycles. The van der Waals surface area contributed by atoms with Crippen LogP contribution in [0.1, 0.15) is 18.9 Å². The Kier molecular flexibility index (Phi) is 4.12. The van der Waals surface area contributed by atoms with Crippen LogP contribution in [0.5, 0.6) is 0 Å². The second-order valence-corrected chi connectivity index (χ2v) is 4.21. The zero-order valence-electron chi connectivity index (χ0n) is 10.6. The van der Waals surface area contributed by atoms with Gasteiger partial charge in [-0.2, -0.15) is 0 Å². The van der Waals surface area contributed by atoms with Crippen LogP contribution in [0.15, 0.2) is 42.9 Å². The molecular weight excluding hydrogens is 224 g/mol. The van der Waals surface area contributed by atoms with E-state index < -0.39 is 0 Å². The van der Waals surface area contributed by atoms with Gasteiger partial charge < -0.3 is 10.6 Å². The Morgan fingerprint density at radius 3 is 2.67 bits per heavy atom. The lowest BCUT2D eigenvalue weighted by atomic mass is 10.2. The molecule has 1 aromatic carbocycles. The van der Waals surface area contributed by atoms with E-state index in [1.807, 2.05) is 18.2 Å². The summed E-state index contributed by atoms with van der Waals surface area (Å²) in [5, 5.41) is 0. The SMILES string of the molecule is CCCN(Cc1ccccc1)c1ncncc1N. The number of benzene rings is 1. The quantitative estimate of drug-likeness (QED) is 0.875. The van der Waals surface area contributed by atoms with Crippen molar-refractivity contribution in [1.82, 2.24) is 9.97 Å². The summed E-state index contributed by atoms with van der Waals surface area (Å²) in [6.07, 6.45) is 4.24. The molecule has 0 radical (unpaired) electrons. The lowest BCUT2D eigenvalue weighted by molar-refractivity contribution is 0.754. The number of anilines is 2. The van der Waals surface area contributed by atoms with E-state index in [0.717, 1.165) is 25.3 Å². The molecule has 1 heterocycles. The first kappa shape index (κ1) is 12.4. The van der Waals surface area contributed by atoms with Crippen molar-refractivity contribution in [2.45, 2.75) is 19.9 Å². The number of nitrogens with zero attached hydrogens (tertiary/aromatic N) is 3. The van der Waals surface area contributed by atoms with Gasteiger partial charge in [0.1, 0.15) is 6.33 Å². The molecule has 0 saturated carbocycles. The van der Waals surface area contributed by atoms with Crippen LogP contribution in [-0.2, 0) is 6.54 Å². The Bertz CT molecular complexity index is 484. The predicted molar refractivity (Wildman–Crippen MR) is 74.2 cm³/mol. The van der Waals surface area contributed by atoms with Crippen molar-refractivity contribution in [2.24, 2.45) is 0 Å². The van der Waals surface area contributed by atoms with Gasteiger partial charge in [-0.05, 0) is 12.0 Å². The van der Waals surface area contributed by atoms with E-state index in [1.165, 1.54) is 5.56 Å². The molecular formula is C14H18N4. The van der Waals surface area contributed by atoms with Crippen molar-refractivity contribution in [2.75, 3.05) is 17.2 Å². The molecule has 2 rings (SSSR count). The van der Waals surface area contributed by atoms with Gasteiger partial charge in [-0.1, -0.05) is 37.3 Å². The van der Waals surface area contributed by atoms with Crippen LogP contribution in [-0.4, -0.2) is 16.5 Å². The Hall–Kier alpha value is -2.10. The summed E-state index contributed by atoms with van der Waals surface area (Å²) in [7, 11) is 0. The monoisotopic (exact) mass is 242 g/mol. The van der Waals surface area contributed by atoms with Crippen molar-refractivity contribution >= 4 is 11.5 Å². The fourth-order valence-electron chi connectivity index (χ4n) is 1.93. The number of nitrogen functional groups attached to an aromatic ring is 1. The van der Waals surface area contributed by atoms with E-state index in [9.17, 15) is 0 Å². The van der Waals surface area contributed by atoms with Crippen LogP contribution in [0.2, 0.25) is 0 Å². The Morgan fingerprint density at radius 2 is 2.00 bits per heavy atom. The molecule has 0 saturated heterocycles. The first-order valence-corrected chi connectivity index (χ1v) is 6.15. The second-order valence-electron chi connectivity index (χ2n) is 4.21. The zero-order chi connectivity index (χ0) is 12.8. The first-order chi connectivity index (χ1) is 8.81. The Labute approximate surface area is 107 Å². The smallest absolute Gasteiger partial charge is 0.155 e. The van der Waals surface area contributed by atoms with E-state index in [-0.39, 0.29) is 0 Å². The summed E-state index contributed by atoms with van der Waals surface area (Å²) in [4.78, 5) is 10.4. The van der Waals surface area contributed by atoms with E-state index in [2.05, 4.69) is 33.9 Å². The maximum atomic E-state index is 5.94. The average Bonchev–Trinajstić information content (AvgIpc) is 2.40. The fourth-order valence-corrected chi connectivity index (χ4v) is 1.93. The highest BCUT2D eigenvalue weighted by atomic mass is 15.2. The zero-order valence-corrected chi connectivity index (χ0v) is 10.6. The molecule has 94 valence electrons. The van der Waals surface area contributed by atoms with Gasteiger partial charge in [0.15, 0.2) is 5.82 Å². The number of hydrogen-bond donors (Lipinski definition) is 1. The van der Waals surface area contributed by atoms with E-state index in [0.29, 0.717) is 5.69 Å². The highest BCUT2D eigenvalue weighted by molar-refractivity contribution is 5.61. The number of aromatic nitrogens is 2. The summed E-state index contributed by atoms with van der Waals surface area (Å²) in [5.41, 5.74) is 7.82. The van der Waals surface area contributed by atoms with E-state index >= 15 is 0 Å². The predicted octanol–water partition coefficient (Wildman–Crippen LogP) is 2.48. The van der Waals surface area contributed by atoms with E-state index in [4.69, 9.17) is 5.73 Å². The highest BCUT2D eigenvalue weighted by Gasteiger charge is 2.10. The third kappa shape index (κ3) is 2.97. The summed E-state index contributed by atoms with van der Waals surface area (Å²) >= 11 is 0. The molecule has 0 spiro atoms. The third-order valence-corrected chi connectivity index (χ3v) is 2.73. The second kappa shape index (κ2) is 6.00. The van der Waals surface area contributed by atoms with Gasteiger partial charge in [0.05, 0.1) is 11.9 Å². The summed E-state index contributed by atoms with van der Waals surface area (Å²) < 4.78 is 0. The molecule has 1 aromatic heterocycles. The molecule has 0 amide bonds. The average molecular weight is 242 g/mol. The molecule has 2 aromatic rings. The van der Waals surface area contributed by atoms with Crippen molar-refractivity contribution in [3.63, 3.8) is 0 Å². The van der Waals surface area contributed by atoms with E-state index in [1.54, 1.807) is 12.5 Å². The number of rotatable bonds is 5. The molecule has 2 N–H and O–H groups in total. The first-order valence-electron chi connectivity index (χ1n) is 6.15. The topological polar surface area (TPSA) is 55.0 Å². The van der Waals surface area contributed by atoms with Crippen LogP contribution in [0.4, 0.5) is 11.5 Å². The van der Waals surface area contributed by atoms with Crippen LogP contribution >= 0.6 is 0 Å². The van der Waals surface area contributed by atoms with Crippen molar-refractivity contribution < 1.29 is 0 Å². The molecule has 0 unspecified atom stereocenters. The summed E-state index contributed by atoms with van der Waals surface area (Å²) in [5.74, 6) is 0.815. The minimum absolute atomic E-state index is 0.627. The number of hydrogen-bond acceptors (Lipinski definition) is 4. The lowest BCUT2D eigenvalue weighted by Gasteiger charge is -2.24. The molecule has 0 aliphatic carbocycles. The fraction of sp³-hybridized carbons (Fsp3) is 0.286. The van der Waals surface area contributed by atoms with Gasteiger partial charge in [0.2, 0.25) is 0 Å². The van der Waals surface area contributed by atoms with Crippen molar-refractivity contribution in [3.05, 3.63) is 48.4 Å². The van der Waals surface area contributed by atoms with Crippen LogP contribution in [0.25, 0.3) is 0 Å². The molecule has 0 fully saturated rings. The Balaban J connectivity index is 2.21. The van der Waals surface area contributed by atoms with Crippen LogP contribution in [0, 0.1) is 0 Å². The summed E-state index contributed by atoms with van der Waals surface area (Å²) in [6, 6.07) is 10.3. The van der Waals surface area contributed by atoms with Gasteiger partial charge >= 0.3 is 0 Å². The molecule has 18 heavy (non-hydrogen) atoms. The maximum absolute atomic E-state index is 5.94. The molecule has 4 heteroatoms. The van der Waals surface area contributed by atoms with Crippen LogP contribution in [0.3, 0.4) is 0 Å². The molecule has 0 atom stereocenters. The van der Waals surface area contributed by atoms with Gasteiger partial charge in [-0.25, -0.2) is 9.97 Å². The third-order valence-electron chi connectivity index (χ3n) is 2.73. The largest absolute Gasteiger partial charge is 0.394 e. The van der Waals surface area contributed by atoms with Crippen LogP contribution < -0.4 is 10.6 Å². The Morgan fingerprint density at radius 1 is 1.22 bits per heavy atom. The maximum Gasteiger partial charge on any atom is 0.155 e. The molecule has 0 bridgehead atoms.